The van der Waals surface area contributed by atoms with Gasteiger partial charge in [0, 0.05) is 5.92 Å². The molecule has 0 spiro atoms. The molecule has 6 heteroatoms. The summed E-state index contributed by atoms with van der Waals surface area (Å²) in [5.41, 5.74) is -0.909. The van der Waals surface area contributed by atoms with Crippen LogP contribution in [0.4, 0.5) is 0 Å². The van der Waals surface area contributed by atoms with Crippen molar-refractivity contribution in [3.63, 3.8) is 0 Å². The average molecular weight is 456 g/mol. The summed E-state index contributed by atoms with van der Waals surface area (Å²) in [6, 6.07) is 9.21. The molecule has 0 amide bonds. The quantitative estimate of drug-likeness (QED) is 0.343. The molecule has 3 rings (SSSR count). The number of esters is 1. The number of imidazole rings is 1. The minimum absolute atomic E-state index is 0. The Morgan fingerprint density at radius 3 is 2.60 bits per heavy atom. The van der Waals surface area contributed by atoms with Crippen LogP contribution in [0.1, 0.15) is 31.2 Å². The highest BCUT2D eigenvalue weighted by Gasteiger charge is 2.47. The normalized spacial score (nSPS) is 16.9. The van der Waals surface area contributed by atoms with Crippen LogP contribution in [-0.4, -0.2) is 22.2 Å². The van der Waals surface area contributed by atoms with E-state index in [2.05, 4.69) is 0 Å². The molecule has 0 bridgehead atoms. The predicted octanol–water partition coefficient (Wildman–Crippen LogP) is -1.06. The van der Waals surface area contributed by atoms with Crippen LogP contribution in [0.3, 0.4) is 0 Å². The second-order valence-corrected chi connectivity index (χ2v) is 6.57. The maximum absolute atomic E-state index is 12.8. The van der Waals surface area contributed by atoms with Crippen molar-refractivity contribution in [3.05, 3.63) is 54.6 Å². The third-order valence-corrected chi connectivity index (χ3v) is 4.88. The Labute approximate surface area is 165 Å². The highest BCUT2D eigenvalue weighted by molar-refractivity contribution is 5.81. The standard InChI is InChI=1S/C19H25N2O3.HI/c1-20-11-12-21(15-20)13-14-24-18(22)19(23,17-9-5-6-10-17)16-7-3-2-4-8-16;/h2-4,7-8,11-12,15,17,23H,5-6,9-10,13-14H2,1H3;1H/q+1;/p-1. The molecule has 0 aliphatic heterocycles. The Kier molecular flexibility index (Phi) is 7.01. The Morgan fingerprint density at radius 1 is 1.32 bits per heavy atom. The van der Waals surface area contributed by atoms with Gasteiger partial charge in [0.2, 0.25) is 6.33 Å². The van der Waals surface area contributed by atoms with Gasteiger partial charge in [-0.25, -0.2) is 13.9 Å². The molecule has 5 nitrogen and oxygen atoms in total. The second kappa shape index (κ2) is 8.80. The molecular formula is C19H25IN2O3. The van der Waals surface area contributed by atoms with Crippen LogP contribution in [-0.2, 0) is 28.7 Å². The minimum Gasteiger partial charge on any atom is -1.00 e. The fourth-order valence-corrected chi connectivity index (χ4v) is 3.54. The number of carbonyl (C=O) groups excluding carboxylic acids is 1. The zero-order valence-corrected chi connectivity index (χ0v) is 16.6. The first-order valence-corrected chi connectivity index (χ1v) is 8.57. The number of ether oxygens (including phenoxy) is 1. The predicted molar refractivity (Wildman–Crippen MR) is 88.9 cm³/mol. The fraction of sp³-hybridized carbons (Fsp3) is 0.474. The van der Waals surface area contributed by atoms with Gasteiger partial charge in [-0.3, -0.25) is 0 Å². The van der Waals surface area contributed by atoms with E-state index in [9.17, 15) is 9.90 Å². The summed E-state index contributed by atoms with van der Waals surface area (Å²) in [7, 11) is 1.94. The number of carbonyl (C=O) groups is 1. The molecule has 25 heavy (non-hydrogen) atoms. The molecule has 1 atom stereocenters. The number of nitrogens with zero attached hydrogens (tertiary/aromatic N) is 2. The number of rotatable bonds is 6. The monoisotopic (exact) mass is 456 g/mol. The van der Waals surface area contributed by atoms with Crippen LogP contribution in [0.25, 0.3) is 0 Å². The third kappa shape index (κ3) is 4.41. The van der Waals surface area contributed by atoms with Crippen molar-refractivity contribution in [3.8, 4) is 0 Å². The molecule has 1 aliphatic carbocycles. The Balaban J connectivity index is 0.00000225. The van der Waals surface area contributed by atoms with E-state index in [1.54, 1.807) is 0 Å². The summed E-state index contributed by atoms with van der Waals surface area (Å²) < 4.78 is 9.35. The van der Waals surface area contributed by atoms with E-state index in [0.717, 1.165) is 25.7 Å². The molecule has 1 N–H and O–H groups in total. The van der Waals surface area contributed by atoms with Crippen molar-refractivity contribution in [2.45, 2.75) is 37.8 Å². The van der Waals surface area contributed by atoms with E-state index in [0.29, 0.717) is 12.1 Å². The lowest BCUT2D eigenvalue weighted by Gasteiger charge is -2.32. The zero-order chi connectivity index (χ0) is 17.0. The molecule has 1 unspecified atom stereocenters. The summed E-state index contributed by atoms with van der Waals surface area (Å²) in [6.45, 7) is 0.817. The van der Waals surface area contributed by atoms with Crippen molar-refractivity contribution in [2.24, 2.45) is 13.0 Å². The average Bonchev–Trinajstić information content (AvgIpc) is 3.27. The summed E-state index contributed by atoms with van der Waals surface area (Å²) in [6.07, 6.45) is 9.59. The van der Waals surface area contributed by atoms with Gasteiger partial charge < -0.3 is 33.8 Å². The molecule has 0 radical (unpaired) electrons. The fourth-order valence-electron chi connectivity index (χ4n) is 3.54. The van der Waals surface area contributed by atoms with E-state index in [1.807, 2.05) is 65.2 Å². The number of halogens is 1. The van der Waals surface area contributed by atoms with Gasteiger partial charge in [0.05, 0.1) is 7.05 Å². The van der Waals surface area contributed by atoms with E-state index < -0.39 is 11.6 Å². The number of aromatic nitrogens is 2. The van der Waals surface area contributed by atoms with Gasteiger partial charge in [0.1, 0.15) is 25.5 Å². The van der Waals surface area contributed by atoms with Gasteiger partial charge in [-0.05, 0) is 18.4 Å². The second-order valence-electron chi connectivity index (χ2n) is 6.57. The van der Waals surface area contributed by atoms with Crippen molar-refractivity contribution in [1.82, 2.24) is 4.57 Å². The number of hydrogen-bond acceptors (Lipinski definition) is 3. The molecular weight excluding hydrogens is 431 g/mol. The van der Waals surface area contributed by atoms with Crippen LogP contribution < -0.4 is 28.5 Å². The van der Waals surface area contributed by atoms with E-state index in [1.165, 1.54) is 0 Å². The van der Waals surface area contributed by atoms with Gasteiger partial charge in [-0.1, -0.05) is 43.2 Å². The van der Waals surface area contributed by atoms with Crippen LogP contribution in [0.15, 0.2) is 49.1 Å². The summed E-state index contributed by atoms with van der Waals surface area (Å²) in [4.78, 5) is 12.8. The number of benzene rings is 1. The van der Waals surface area contributed by atoms with E-state index >= 15 is 0 Å². The highest BCUT2D eigenvalue weighted by Crippen LogP contribution is 2.41. The van der Waals surface area contributed by atoms with Crippen LogP contribution in [0.2, 0.25) is 0 Å². The minimum atomic E-state index is -1.54. The molecule has 1 heterocycles. The van der Waals surface area contributed by atoms with Gasteiger partial charge in [0.15, 0.2) is 5.60 Å². The Bertz CT molecular complexity index is 683. The first-order chi connectivity index (χ1) is 11.6. The molecule has 1 aliphatic rings. The topological polar surface area (TPSA) is 55.3 Å². The first kappa shape index (κ1) is 19.9. The summed E-state index contributed by atoms with van der Waals surface area (Å²) in [5.74, 6) is -0.603. The van der Waals surface area contributed by atoms with Gasteiger partial charge in [-0.2, -0.15) is 0 Å². The Morgan fingerprint density at radius 2 is 2.00 bits per heavy atom. The molecule has 0 saturated heterocycles. The van der Waals surface area contributed by atoms with Crippen LogP contribution in [0, 0.1) is 5.92 Å². The lowest BCUT2D eigenvalue weighted by atomic mass is 9.80. The first-order valence-electron chi connectivity index (χ1n) is 8.57. The zero-order valence-electron chi connectivity index (χ0n) is 14.5. The van der Waals surface area contributed by atoms with Crippen LogP contribution >= 0.6 is 0 Å². The van der Waals surface area contributed by atoms with Crippen molar-refractivity contribution >= 4 is 5.97 Å². The molecule has 136 valence electrons. The lowest BCUT2D eigenvalue weighted by molar-refractivity contribution is -0.671. The molecule has 1 fully saturated rings. The SMILES string of the molecule is C[n+]1ccn(CCOC(=O)C(O)(c2ccccc2)C2CCCC2)c1.[I-]. The number of hydrogen-bond donors (Lipinski definition) is 1. The third-order valence-electron chi connectivity index (χ3n) is 4.88. The van der Waals surface area contributed by atoms with Gasteiger partial charge >= 0.3 is 5.97 Å². The number of aliphatic hydroxyl groups is 1. The van der Waals surface area contributed by atoms with Gasteiger partial charge in [0.25, 0.3) is 0 Å². The summed E-state index contributed by atoms with van der Waals surface area (Å²) in [5, 5.41) is 11.3. The Hall–Kier alpha value is -1.41. The van der Waals surface area contributed by atoms with Crippen molar-refractivity contribution in [2.75, 3.05) is 6.61 Å². The molecule has 1 aromatic carbocycles. The largest absolute Gasteiger partial charge is 1.00 e. The summed E-state index contributed by atoms with van der Waals surface area (Å²) >= 11 is 0. The van der Waals surface area contributed by atoms with E-state index in [4.69, 9.17) is 4.74 Å². The smallest absolute Gasteiger partial charge is 0.343 e. The lowest BCUT2D eigenvalue weighted by Crippen LogP contribution is -3.00. The number of aryl methyl sites for hydroxylation is 1. The van der Waals surface area contributed by atoms with Crippen molar-refractivity contribution < 1.29 is 43.2 Å². The maximum atomic E-state index is 12.8. The molecule has 1 saturated carbocycles. The van der Waals surface area contributed by atoms with E-state index in [-0.39, 0.29) is 36.5 Å². The molecule has 2 aromatic rings. The van der Waals surface area contributed by atoms with Gasteiger partial charge in [-0.15, -0.1) is 0 Å². The van der Waals surface area contributed by atoms with Crippen LogP contribution in [0.5, 0.6) is 0 Å². The molecule has 1 aromatic heterocycles. The highest BCUT2D eigenvalue weighted by atomic mass is 127. The maximum Gasteiger partial charge on any atom is 0.343 e. The van der Waals surface area contributed by atoms with Crippen molar-refractivity contribution in [1.29, 1.82) is 0 Å².